The van der Waals surface area contributed by atoms with Gasteiger partial charge >= 0.3 is 5.88 Å². The Morgan fingerprint density at radius 3 is 2.68 bits per heavy atom. The number of para-hydroxylation sites is 1. The van der Waals surface area contributed by atoms with Crippen molar-refractivity contribution in [2.75, 3.05) is 0 Å². The molecule has 1 aromatic carbocycles. The summed E-state index contributed by atoms with van der Waals surface area (Å²) in [4.78, 5) is 22.1. The Kier molecular flexibility index (Phi) is 4.34. The maximum Gasteiger partial charge on any atom is 0.433 e. The van der Waals surface area contributed by atoms with Gasteiger partial charge in [-0.2, -0.15) is 5.10 Å². The molecule has 128 valence electrons. The van der Waals surface area contributed by atoms with Crippen LogP contribution in [0.2, 0.25) is 0 Å². The van der Waals surface area contributed by atoms with Crippen LogP contribution >= 0.6 is 0 Å². The third kappa shape index (κ3) is 3.42. The number of aryl methyl sites for hydroxylation is 2. The normalized spacial score (nSPS) is 10.6. The van der Waals surface area contributed by atoms with Crippen LogP contribution in [0.3, 0.4) is 0 Å². The molecule has 0 bridgehead atoms. The number of nitro groups is 1. The number of carbonyl (C=O) groups excluding carboxylic acids is 1. The van der Waals surface area contributed by atoms with Crippen molar-refractivity contribution < 1.29 is 14.1 Å². The zero-order chi connectivity index (χ0) is 18.0. The molecule has 25 heavy (non-hydrogen) atoms. The summed E-state index contributed by atoms with van der Waals surface area (Å²) in [6.45, 7) is 4.11. The van der Waals surface area contributed by atoms with E-state index in [1.54, 1.807) is 0 Å². The molecule has 0 saturated heterocycles. The Balaban J connectivity index is 1.78. The molecule has 3 rings (SSSR count). The van der Waals surface area contributed by atoms with E-state index in [0.29, 0.717) is 0 Å². The molecule has 8 heteroatoms. The number of benzene rings is 1. The highest BCUT2D eigenvalue weighted by atomic mass is 16.6. The monoisotopic (exact) mass is 340 g/mol. The molecule has 0 aliphatic carbocycles. The molecule has 0 saturated carbocycles. The fourth-order valence-corrected chi connectivity index (χ4v) is 2.55. The minimum absolute atomic E-state index is 0.102. The van der Waals surface area contributed by atoms with Crippen LogP contribution in [0.5, 0.6) is 0 Å². The van der Waals surface area contributed by atoms with E-state index < -0.39 is 16.7 Å². The van der Waals surface area contributed by atoms with E-state index >= 15 is 0 Å². The van der Waals surface area contributed by atoms with Gasteiger partial charge < -0.3 is 9.73 Å². The van der Waals surface area contributed by atoms with Crippen LogP contribution in [0.4, 0.5) is 5.88 Å². The molecular formula is C17H16N4O4. The van der Waals surface area contributed by atoms with Gasteiger partial charge in [0, 0.05) is 12.2 Å². The molecule has 2 heterocycles. The largest absolute Gasteiger partial charge is 0.433 e. The fraction of sp³-hybridized carbons (Fsp3) is 0.176. The molecule has 0 unspecified atom stereocenters. The van der Waals surface area contributed by atoms with Gasteiger partial charge in [0.05, 0.1) is 17.4 Å². The number of nitrogens with zero attached hydrogens (tertiary/aromatic N) is 3. The Labute approximate surface area is 143 Å². The highest BCUT2D eigenvalue weighted by Crippen LogP contribution is 2.18. The topological polar surface area (TPSA) is 103 Å². The van der Waals surface area contributed by atoms with E-state index in [-0.39, 0.29) is 12.3 Å². The van der Waals surface area contributed by atoms with E-state index in [0.717, 1.165) is 28.7 Å². The van der Waals surface area contributed by atoms with Gasteiger partial charge in [-0.05, 0) is 37.6 Å². The number of carbonyl (C=O) groups is 1. The third-order valence-electron chi connectivity index (χ3n) is 3.66. The van der Waals surface area contributed by atoms with E-state index in [2.05, 4.69) is 10.4 Å². The Hall–Kier alpha value is -3.42. The van der Waals surface area contributed by atoms with E-state index in [1.807, 2.05) is 48.9 Å². The predicted octanol–water partition coefficient (Wildman–Crippen LogP) is 2.92. The predicted molar refractivity (Wildman–Crippen MR) is 89.6 cm³/mol. The standard InChI is InChI=1S/C17H16N4O4/c1-11-9-12(2)20(19-11)14-6-4-3-5-13(14)10-18-17(22)15-7-8-16(25-15)21(23)24/h3-9H,10H2,1-2H3,(H,18,22). The lowest BCUT2D eigenvalue weighted by molar-refractivity contribution is -0.402. The first kappa shape index (κ1) is 16.4. The maximum absolute atomic E-state index is 12.1. The number of nitrogens with one attached hydrogen (secondary N) is 1. The summed E-state index contributed by atoms with van der Waals surface area (Å²) in [5.41, 5.74) is 3.61. The second-order valence-electron chi connectivity index (χ2n) is 5.55. The van der Waals surface area contributed by atoms with Crippen molar-refractivity contribution in [3.05, 3.63) is 75.3 Å². The van der Waals surface area contributed by atoms with Crippen LogP contribution in [-0.4, -0.2) is 20.6 Å². The second kappa shape index (κ2) is 6.60. The summed E-state index contributed by atoms with van der Waals surface area (Å²) in [6.07, 6.45) is 0. The minimum Gasteiger partial charge on any atom is -0.395 e. The molecule has 0 spiro atoms. The molecule has 0 aliphatic rings. The van der Waals surface area contributed by atoms with Crippen LogP contribution in [-0.2, 0) is 6.54 Å². The van der Waals surface area contributed by atoms with E-state index in [4.69, 9.17) is 4.42 Å². The Bertz CT molecular complexity index is 942. The first-order valence-corrected chi connectivity index (χ1v) is 7.59. The van der Waals surface area contributed by atoms with Gasteiger partial charge in [0.2, 0.25) is 0 Å². The smallest absolute Gasteiger partial charge is 0.395 e. The van der Waals surface area contributed by atoms with Gasteiger partial charge in [-0.25, -0.2) is 4.68 Å². The lowest BCUT2D eigenvalue weighted by atomic mass is 10.1. The van der Waals surface area contributed by atoms with E-state index in [1.165, 1.54) is 6.07 Å². The van der Waals surface area contributed by atoms with Gasteiger partial charge in [0.1, 0.15) is 4.92 Å². The van der Waals surface area contributed by atoms with Crippen LogP contribution in [0.15, 0.2) is 46.9 Å². The fourth-order valence-electron chi connectivity index (χ4n) is 2.55. The molecule has 8 nitrogen and oxygen atoms in total. The zero-order valence-electron chi connectivity index (χ0n) is 13.7. The number of hydrogen-bond donors (Lipinski definition) is 1. The van der Waals surface area contributed by atoms with Crippen LogP contribution in [0.1, 0.15) is 27.5 Å². The van der Waals surface area contributed by atoms with Gasteiger partial charge in [0.25, 0.3) is 5.91 Å². The third-order valence-corrected chi connectivity index (χ3v) is 3.66. The van der Waals surface area contributed by atoms with Gasteiger partial charge in [0.15, 0.2) is 5.76 Å². The number of furan rings is 1. The Morgan fingerprint density at radius 1 is 1.28 bits per heavy atom. The lowest BCUT2D eigenvalue weighted by Gasteiger charge is -2.11. The van der Waals surface area contributed by atoms with Crippen LogP contribution in [0.25, 0.3) is 5.69 Å². The van der Waals surface area contributed by atoms with Crippen molar-refractivity contribution in [3.63, 3.8) is 0 Å². The quantitative estimate of drug-likeness (QED) is 0.568. The average molecular weight is 340 g/mol. The summed E-state index contributed by atoms with van der Waals surface area (Å²) >= 11 is 0. The molecule has 0 aliphatic heterocycles. The molecule has 0 radical (unpaired) electrons. The molecule has 0 atom stereocenters. The average Bonchev–Trinajstić information content (AvgIpc) is 3.19. The van der Waals surface area contributed by atoms with Crippen molar-refractivity contribution in [1.82, 2.24) is 15.1 Å². The molecule has 1 amide bonds. The summed E-state index contributed by atoms with van der Waals surface area (Å²) in [5, 5.41) is 17.8. The Morgan fingerprint density at radius 2 is 2.04 bits per heavy atom. The first-order valence-electron chi connectivity index (χ1n) is 7.59. The van der Waals surface area contributed by atoms with Gasteiger partial charge in [-0.3, -0.25) is 14.9 Å². The minimum atomic E-state index is -0.686. The number of amides is 1. The summed E-state index contributed by atoms with van der Waals surface area (Å²) in [5.74, 6) is -1.08. The summed E-state index contributed by atoms with van der Waals surface area (Å²) in [7, 11) is 0. The molecule has 3 aromatic rings. The number of hydrogen-bond acceptors (Lipinski definition) is 5. The van der Waals surface area contributed by atoms with Crippen molar-refractivity contribution >= 4 is 11.8 Å². The van der Waals surface area contributed by atoms with Crippen LogP contribution < -0.4 is 5.32 Å². The van der Waals surface area contributed by atoms with Gasteiger partial charge in [-0.15, -0.1) is 0 Å². The molecule has 1 N–H and O–H groups in total. The van der Waals surface area contributed by atoms with Crippen molar-refractivity contribution in [2.24, 2.45) is 0 Å². The highest BCUT2D eigenvalue weighted by molar-refractivity contribution is 5.91. The number of aromatic nitrogens is 2. The van der Waals surface area contributed by atoms with Crippen molar-refractivity contribution in [2.45, 2.75) is 20.4 Å². The van der Waals surface area contributed by atoms with Crippen molar-refractivity contribution in [3.8, 4) is 5.69 Å². The molecular weight excluding hydrogens is 324 g/mol. The number of rotatable bonds is 5. The highest BCUT2D eigenvalue weighted by Gasteiger charge is 2.17. The summed E-state index contributed by atoms with van der Waals surface area (Å²) < 4.78 is 6.72. The van der Waals surface area contributed by atoms with Crippen molar-refractivity contribution in [1.29, 1.82) is 0 Å². The van der Waals surface area contributed by atoms with Crippen LogP contribution in [0, 0.1) is 24.0 Å². The first-order chi connectivity index (χ1) is 12.0. The summed E-state index contributed by atoms with van der Waals surface area (Å²) in [6, 6.07) is 12.0. The molecule has 2 aromatic heterocycles. The lowest BCUT2D eigenvalue weighted by Crippen LogP contribution is -2.23. The SMILES string of the molecule is Cc1cc(C)n(-c2ccccc2CNC(=O)c2ccc([N+](=O)[O-])o2)n1. The second-order valence-corrected chi connectivity index (χ2v) is 5.55. The maximum atomic E-state index is 12.1. The van der Waals surface area contributed by atoms with Gasteiger partial charge in [-0.1, -0.05) is 18.2 Å². The van der Waals surface area contributed by atoms with E-state index in [9.17, 15) is 14.9 Å². The molecule has 0 fully saturated rings. The zero-order valence-corrected chi connectivity index (χ0v) is 13.7.